The van der Waals surface area contributed by atoms with Crippen LogP contribution in [0.1, 0.15) is 21.5 Å². The van der Waals surface area contributed by atoms with Crippen LogP contribution in [0.4, 0.5) is 5.69 Å². The molecule has 0 aliphatic heterocycles. The first-order valence-electron chi connectivity index (χ1n) is 7.16. The summed E-state index contributed by atoms with van der Waals surface area (Å²) in [7, 11) is 0. The van der Waals surface area contributed by atoms with Crippen LogP contribution in [0.15, 0.2) is 60.0 Å². The summed E-state index contributed by atoms with van der Waals surface area (Å²) in [5.74, 6) is 0.537. The van der Waals surface area contributed by atoms with Crippen molar-refractivity contribution in [1.29, 1.82) is 0 Å². The van der Waals surface area contributed by atoms with E-state index < -0.39 is 0 Å². The average molecular weight is 324 g/mol. The molecule has 1 amide bonds. The second-order valence-corrected chi connectivity index (χ2v) is 6.02. The van der Waals surface area contributed by atoms with Gasteiger partial charge in [-0.3, -0.25) is 9.89 Å². The van der Waals surface area contributed by atoms with Gasteiger partial charge >= 0.3 is 0 Å². The second-order valence-electron chi connectivity index (χ2n) is 5.06. The molecule has 116 valence electrons. The number of anilines is 1. The van der Waals surface area contributed by atoms with Crippen molar-refractivity contribution in [2.75, 3.05) is 5.32 Å². The fourth-order valence-electron chi connectivity index (χ4n) is 2.11. The highest BCUT2D eigenvalue weighted by atomic mass is 32.2. The molecule has 3 rings (SSSR count). The van der Waals surface area contributed by atoms with Crippen molar-refractivity contribution in [3.05, 3.63) is 71.5 Å². The number of aromatic nitrogens is 3. The minimum absolute atomic E-state index is 0.109. The van der Waals surface area contributed by atoms with Gasteiger partial charge in [0.15, 0.2) is 5.16 Å². The summed E-state index contributed by atoms with van der Waals surface area (Å²) in [5.41, 5.74) is 3.57. The van der Waals surface area contributed by atoms with E-state index in [0.717, 1.165) is 22.0 Å². The molecule has 0 aliphatic rings. The number of hydrogen-bond acceptors (Lipinski definition) is 4. The zero-order valence-electron chi connectivity index (χ0n) is 12.6. The van der Waals surface area contributed by atoms with Crippen molar-refractivity contribution in [3.8, 4) is 0 Å². The molecule has 0 saturated heterocycles. The van der Waals surface area contributed by atoms with Crippen molar-refractivity contribution in [2.24, 2.45) is 0 Å². The lowest BCUT2D eigenvalue weighted by Gasteiger charge is -2.10. The van der Waals surface area contributed by atoms with Crippen molar-refractivity contribution in [2.45, 2.75) is 17.8 Å². The number of aromatic amines is 1. The third kappa shape index (κ3) is 3.98. The van der Waals surface area contributed by atoms with Crippen LogP contribution in [0.25, 0.3) is 0 Å². The zero-order chi connectivity index (χ0) is 16.1. The van der Waals surface area contributed by atoms with Gasteiger partial charge in [0, 0.05) is 17.0 Å². The van der Waals surface area contributed by atoms with Crippen LogP contribution in [-0.2, 0) is 5.75 Å². The van der Waals surface area contributed by atoms with E-state index in [1.54, 1.807) is 0 Å². The molecule has 23 heavy (non-hydrogen) atoms. The highest BCUT2D eigenvalue weighted by Crippen LogP contribution is 2.22. The Kier molecular flexibility index (Phi) is 4.73. The smallest absolute Gasteiger partial charge is 0.255 e. The summed E-state index contributed by atoms with van der Waals surface area (Å²) >= 11 is 1.51. The molecule has 0 radical (unpaired) electrons. The second kappa shape index (κ2) is 7.11. The Bertz CT molecular complexity index is 785. The number of hydrogen-bond donors (Lipinski definition) is 2. The third-order valence-corrected chi connectivity index (χ3v) is 4.25. The first-order chi connectivity index (χ1) is 11.2. The molecule has 0 fully saturated rings. The van der Waals surface area contributed by atoms with Crippen LogP contribution in [-0.4, -0.2) is 21.1 Å². The summed E-state index contributed by atoms with van der Waals surface area (Å²) in [6.45, 7) is 2.02. The quantitative estimate of drug-likeness (QED) is 0.703. The lowest BCUT2D eigenvalue weighted by molar-refractivity contribution is 0.102. The Morgan fingerprint density at radius 3 is 2.70 bits per heavy atom. The lowest BCUT2D eigenvalue weighted by atomic mass is 10.1. The predicted molar refractivity (Wildman–Crippen MR) is 91.5 cm³/mol. The molecule has 0 bridgehead atoms. The van der Waals surface area contributed by atoms with Crippen molar-refractivity contribution in [1.82, 2.24) is 15.2 Å². The van der Waals surface area contributed by atoms with E-state index in [2.05, 4.69) is 20.5 Å². The number of thioether (sulfide) groups is 1. The molecular formula is C17H16N4OS. The molecular weight excluding hydrogens is 308 g/mol. The molecule has 0 saturated carbocycles. The lowest BCUT2D eigenvalue weighted by Crippen LogP contribution is -2.14. The molecule has 0 atom stereocenters. The normalized spacial score (nSPS) is 10.5. The van der Waals surface area contributed by atoms with Crippen molar-refractivity contribution >= 4 is 23.4 Å². The first-order valence-corrected chi connectivity index (χ1v) is 8.15. The average Bonchev–Trinajstić information content (AvgIpc) is 3.09. The molecule has 1 heterocycles. The van der Waals surface area contributed by atoms with Gasteiger partial charge in [0.1, 0.15) is 6.33 Å². The van der Waals surface area contributed by atoms with Gasteiger partial charge in [0.25, 0.3) is 5.91 Å². The van der Waals surface area contributed by atoms with Gasteiger partial charge in [-0.1, -0.05) is 47.7 Å². The summed E-state index contributed by atoms with van der Waals surface area (Å²) < 4.78 is 0. The number of carbonyl (C=O) groups is 1. The molecule has 0 aliphatic carbocycles. The van der Waals surface area contributed by atoms with Gasteiger partial charge in [-0.25, -0.2) is 4.98 Å². The van der Waals surface area contributed by atoms with Crippen LogP contribution in [0.5, 0.6) is 0 Å². The van der Waals surface area contributed by atoms with Crippen molar-refractivity contribution < 1.29 is 4.79 Å². The molecule has 3 aromatic rings. The number of H-pyrrole nitrogens is 1. The van der Waals surface area contributed by atoms with Crippen molar-refractivity contribution in [3.63, 3.8) is 0 Å². The van der Waals surface area contributed by atoms with Gasteiger partial charge in [0.05, 0.1) is 0 Å². The molecule has 6 heteroatoms. The van der Waals surface area contributed by atoms with E-state index >= 15 is 0 Å². The number of carbonyl (C=O) groups excluding carboxylic acids is 1. The zero-order valence-corrected chi connectivity index (χ0v) is 13.4. The maximum atomic E-state index is 12.5. The van der Waals surface area contributed by atoms with Crippen LogP contribution in [0.2, 0.25) is 0 Å². The minimum atomic E-state index is -0.109. The SMILES string of the molecule is Cc1ccc(NC(=O)c2ccccc2CSc2ncn[nH]2)cc1. The largest absolute Gasteiger partial charge is 0.322 e. The molecule has 2 N–H and O–H groups in total. The highest BCUT2D eigenvalue weighted by Gasteiger charge is 2.12. The molecule has 0 spiro atoms. The van der Waals surface area contributed by atoms with E-state index in [9.17, 15) is 4.79 Å². The van der Waals surface area contributed by atoms with Crippen LogP contribution in [0, 0.1) is 6.92 Å². The Hall–Kier alpha value is -2.60. The summed E-state index contributed by atoms with van der Waals surface area (Å²) in [5, 5.41) is 10.3. The van der Waals surface area contributed by atoms with E-state index in [-0.39, 0.29) is 5.91 Å². The Morgan fingerprint density at radius 2 is 1.96 bits per heavy atom. The van der Waals surface area contributed by atoms with Gasteiger partial charge in [-0.05, 0) is 30.7 Å². The maximum absolute atomic E-state index is 12.5. The molecule has 2 aromatic carbocycles. The number of benzene rings is 2. The topological polar surface area (TPSA) is 70.7 Å². The number of amides is 1. The van der Waals surface area contributed by atoms with Crippen LogP contribution < -0.4 is 5.32 Å². The molecule has 1 aromatic heterocycles. The fourth-order valence-corrected chi connectivity index (χ4v) is 2.90. The van der Waals surface area contributed by atoms with E-state index in [0.29, 0.717) is 11.3 Å². The Morgan fingerprint density at radius 1 is 1.17 bits per heavy atom. The van der Waals surface area contributed by atoms with Gasteiger partial charge in [0.2, 0.25) is 0 Å². The summed E-state index contributed by atoms with van der Waals surface area (Å²) in [6.07, 6.45) is 1.47. The van der Waals surface area contributed by atoms with E-state index in [4.69, 9.17) is 0 Å². The number of nitrogens with zero attached hydrogens (tertiary/aromatic N) is 2. The van der Waals surface area contributed by atoms with Crippen LogP contribution in [0.3, 0.4) is 0 Å². The van der Waals surface area contributed by atoms with Crippen LogP contribution >= 0.6 is 11.8 Å². The highest BCUT2D eigenvalue weighted by molar-refractivity contribution is 7.98. The third-order valence-electron chi connectivity index (χ3n) is 3.33. The number of nitrogens with one attached hydrogen (secondary N) is 2. The first kappa shape index (κ1) is 15.3. The molecule has 0 unspecified atom stereocenters. The standard InChI is InChI=1S/C17H16N4OS/c1-12-6-8-14(9-7-12)20-16(22)15-5-3-2-4-13(15)10-23-17-18-11-19-21-17/h2-9,11H,10H2,1H3,(H,20,22)(H,18,19,21). The Balaban J connectivity index is 1.73. The maximum Gasteiger partial charge on any atom is 0.255 e. The number of rotatable bonds is 5. The summed E-state index contributed by atoms with van der Waals surface area (Å²) in [6, 6.07) is 15.3. The van der Waals surface area contributed by atoms with E-state index in [1.807, 2.05) is 55.5 Å². The predicted octanol–water partition coefficient (Wildman–Crippen LogP) is 3.66. The number of aryl methyl sites for hydroxylation is 1. The van der Waals surface area contributed by atoms with E-state index in [1.165, 1.54) is 18.1 Å². The Labute approximate surface area is 138 Å². The van der Waals surface area contributed by atoms with Gasteiger partial charge in [-0.2, -0.15) is 5.10 Å². The van der Waals surface area contributed by atoms with Gasteiger partial charge < -0.3 is 5.32 Å². The molecule has 5 nitrogen and oxygen atoms in total. The summed E-state index contributed by atoms with van der Waals surface area (Å²) in [4.78, 5) is 16.6. The minimum Gasteiger partial charge on any atom is -0.322 e. The monoisotopic (exact) mass is 324 g/mol. The van der Waals surface area contributed by atoms with Gasteiger partial charge in [-0.15, -0.1) is 0 Å². The fraction of sp³-hybridized carbons (Fsp3) is 0.118.